The van der Waals surface area contributed by atoms with E-state index in [0.717, 1.165) is 43.4 Å². The van der Waals surface area contributed by atoms with Crippen molar-refractivity contribution in [2.24, 2.45) is 23.7 Å². The first kappa shape index (κ1) is 21.7. The molecule has 31 heavy (non-hydrogen) atoms. The standard InChI is InChI=1S/C25H41N3O3/c1-16-15-27(25(30)24-4-3-11-31-24)23-13-19(7-8-22(23)28(16)17(2)29)18-5-6-21-14-26-10-9-20(21)12-18/h16,18-24,26H,3-15H2,1-2H3/t16-,18?,19?,20?,21?,22?,23?,24?/m0/s1. The number of nitrogens with one attached hydrogen (secondary N) is 1. The maximum absolute atomic E-state index is 13.4. The number of carbonyl (C=O) groups is 2. The number of carbonyl (C=O) groups excluding carboxylic acids is 2. The molecule has 2 amide bonds. The average molecular weight is 432 g/mol. The van der Waals surface area contributed by atoms with Crippen LogP contribution < -0.4 is 5.32 Å². The molecule has 5 aliphatic rings. The monoisotopic (exact) mass is 431 g/mol. The average Bonchev–Trinajstić information content (AvgIpc) is 3.32. The van der Waals surface area contributed by atoms with E-state index in [1.54, 1.807) is 6.92 Å². The highest BCUT2D eigenvalue weighted by atomic mass is 16.5. The molecule has 5 fully saturated rings. The van der Waals surface area contributed by atoms with Crippen LogP contribution in [-0.4, -0.2) is 72.1 Å². The molecular weight excluding hydrogens is 390 g/mol. The number of hydrogen-bond acceptors (Lipinski definition) is 4. The minimum Gasteiger partial charge on any atom is -0.368 e. The summed E-state index contributed by atoms with van der Waals surface area (Å²) >= 11 is 0. The molecule has 0 aromatic heterocycles. The van der Waals surface area contributed by atoms with Crippen molar-refractivity contribution in [3.8, 4) is 0 Å². The van der Waals surface area contributed by atoms with E-state index < -0.39 is 0 Å². The number of amides is 2. The minimum absolute atomic E-state index is 0.0887. The second-order valence-electron chi connectivity index (χ2n) is 11.1. The highest BCUT2D eigenvalue weighted by molar-refractivity contribution is 5.82. The van der Waals surface area contributed by atoms with Crippen LogP contribution in [0.1, 0.15) is 71.6 Å². The van der Waals surface area contributed by atoms with Crippen LogP contribution in [0.5, 0.6) is 0 Å². The fourth-order valence-electron chi connectivity index (χ4n) is 7.83. The predicted molar refractivity (Wildman–Crippen MR) is 119 cm³/mol. The van der Waals surface area contributed by atoms with Gasteiger partial charge in [0.1, 0.15) is 6.10 Å². The molecule has 0 spiro atoms. The summed E-state index contributed by atoms with van der Waals surface area (Å²) in [7, 11) is 0. The quantitative estimate of drug-likeness (QED) is 0.730. The van der Waals surface area contributed by atoms with Gasteiger partial charge in [0.2, 0.25) is 5.91 Å². The van der Waals surface area contributed by atoms with Gasteiger partial charge >= 0.3 is 0 Å². The van der Waals surface area contributed by atoms with Crippen molar-refractivity contribution in [1.82, 2.24) is 15.1 Å². The summed E-state index contributed by atoms with van der Waals surface area (Å²) < 4.78 is 5.78. The van der Waals surface area contributed by atoms with E-state index >= 15 is 0 Å². The largest absolute Gasteiger partial charge is 0.368 e. The summed E-state index contributed by atoms with van der Waals surface area (Å²) in [5.74, 6) is 3.61. The van der Waals surface area contributed by atoms with Gasteiger partial charge in [-0.1, -0.05) is 0 Å². The van der Waals surface area contributed by atoms with Crippen molar-refractivity contribution in [3.05, 3.63) is 0 Å². The number of piperazine rings is 1. The van der Waals surface area contributed by atoms with Crippen molar-refractivity contribution in [3.63, 3.8) is 0 Å². The molecule has 0 aromatic carbocycles. The first-order chi connectivity index (χ1) is 15.0. The van der Waals surface area contributed by atoms with Gasteiger partial charge in [-0.05, 0) is 101 Å². The van der Waals surface area contributed by atoms with Crippen molar-refractivity contribution in [2.75, 3.05) is 26.2 Å². The Morgan fingerprint density at radius 1 is 0.903 bits per heavy atom. The molecule has 2 saturated carbocycles. The maximum Gasteiger partial charge on any atom is 0.252 e. The summed E-state index contributed by atoms with van der Waals surface area (Å²) in [5, 5.41) is 3.59. The van der Waals surface area contributed by atoms with Gasteiger partial charge in [-0.15, -0.1) is 0 Å². The minimum atomic E-state index is -0.262. The fourth-order valence-corrected chi connectivity index (χ4v) is 7.83. The van der Waals surface area contributed by atoms with E-state index in [-0.39, 0.29) is 36.0 Å². The van der Waals surface area contributed by atoms with Gasteiger partial charge in [-0.2, -0.15) is 0 Å². The Morgan fingerprint density at radius 3 is 2.42 bits per heavy atom. The lowest BCUT2D eigenvalue weighted by Crippen LogP contribution is -2.68. The van der Waals surface area contributed by atoms with Crippen LogP contribution in [-0.2, 0) is 14.3 Å². The smallest absolute Gasteiger partial charge is 0.252 e. The molecule has 5 rings (SSSR count). The van der Waals surface area contributed by atoms with Gasteiger partial charge < -0.3 is 19.9 Å². The van der Waals surface area contributed by atoms with Gasteiger partial charge in [0.15, 0.2) is 0 Å². The van der Waals surface area contributed by atoms with Crippen LogP contribution in [0.4, 0.5) is 0 Å². The zero-order valence-corrected chi connectivity index (χ0v) is 19.4. The van der Waals surface area contributed by atoms with E-state index in [1.165, 1.54) is 45.2 Å². The Kier molecular flexibility index (Phi) is 6.31. The number of fused-ring (bicyclic) bond motifs is 2. The van der Waals surface area contributed by atoms with E-state index in [4.69, 9.17) is 4.74 Å². The number of ether oxygens (including phenoxy) is 1. The van der Waals surface area contributed by atoms with E-state index in [0.29, 0.717) is 19.1 Å². The van der Waals surface area contributed by atoms with Gasteiger partial charge in [-0.25, -0.2) is 0 Å². The van der Waals surface area contributed by atoms with Crippen LogP contribution in [0.2, 0.25) is 0 Å². The maximum atomic E-state index is 13.4. The van der Waals surface area contributed by atoms with Gasteiger partial charge in [0.25, 0.3) is 5.91 Å². The van der Waals surface area contributed by atoms with Crippen LogP contribution in [0.25, 0.3) is 0 Å². The summed E-state index contributed by atoms with van der Waals surface area (Å²) in [6.45, 7) is 7.57. The molecule has 6 heteroatoms. The molecule has 0 bridgehead atoms. The lowest BCUT2D eigenvalue weighted by Gasteiger charge is -2.55. The SMILES string of the molecule is CC(=O)N1C2CCC(C3CCC4CNCCC4C3)CC2N(C(=O)C2CCCO2)C[C@@H]1C. The molecule has 1 N–H and O–H groups in total. The summed E-state index contributed by atoms with van der Waals surface area (Å²) in [6, 6.07) is 0.435. The van der Waals surface area contributed by atoms with E-state index in [2.05, 4.69) is 22.0 Å². The fraction of sp³-hybridized carbons (Fsp3) is 0.920. The molecule has 6 nitrogen and oxygen atoms in total. The Balaban J connectivity index is 1.33. The van der Waals surface area contributed by atoms with Crippen LogP contribution in [0.3, 0.4) is 0 Å². The molecule has 0 radical (unpaired) electrons. The number of hydrogen-bond donors (Lipinski definition) is 1. The van der Waals surface area contributed by atoms with Crippen molar-refractivity contribution in [2.45, 2.75) is 95.9 Å². The van der Waals surface area contributed by atoms with Crippen molar-refractivity contribution >= 4 is 11.8 Å². The Hall–Kier alpha value is -1.14. The van der Waals surface area contributed by atoms with Crippen LogP contribution in [0, 0.1) is 23.7 Å². The molecule has 3 saturated heterocycles. The van der Waals surface area contributed by atoms with Gasteiger partial charge in [-0.3, -0.25) is 9.59 Å². The molecule has 2 aliphatic carbocycles. The Bertz CT molecular complexity index is 679. The van der Waals surface area contributed by atoms with Gasteiger partial charge in [0.05, 0.1) is 12.1 Å². The molecule has 174 valence electrons. The third-order valence-electron chi connectivity index (χ3n) is 9.31. The van der Waals surface area contributed by atoms with E-state index in [9.17, 15) is 9.59 Å². The normalized spacial score (nSPS) is 43.3. The zero-order chi connectivity index (χ0) is 21.5. The summed E-state index contributed by atoms with van der Waals surface area (Å²) in [5.41, 5.74) is 0. The molecule has 3 heterocycles. The van der Waals surface area contributed by atoms with Crippen molar-refractivity contribution < 1.29 is 14.3 Å². The second-order valence-corrected chi connectivity index (χ2v) is 11.1. The third kappa shape index (κ3) is 4.15. The Labute approximate surface area is 187 Å². The molecule has 8 atom stereocenters. The predicted octanol–water partition coefficient (Wildman–Crippen LogP) is 2.81. The highest BCUT2D eigenvalue weighted by Crippen LogP contribution is 2.46. The molecule has 0 aromatic rings. The molecular formula is C25H41N3O3. The second kappa shape index (κ2) is 9.01. The van der Waals surface area contributed by atoms with Gasteiger partial charge in [0, 0.05) is 26.1 Å². The number of nitrogens with zero attached hydrogens (tertiary/aromatic N) is 2. The van der Waals surface area contributed by atoms with Crippen LogP contribution in [0.15, 0.2) is 0 Å². The third-order valence-corrected chi connectivity index (χ3v) is 9.31. The number of rotatable bonds is 2. The summed E-state index contributed by atoms with van der Waals surface area (Å²) in [4.78, 5) is 30.2. The molecule has 3 aliphatic heterocycles. The van der Waals surface area contributed by atoms with Crippen molar-refractivity contribution in [1.29, 1.82) is 0 Å². The van der Waals surface area contributed by atoms with E-state index in [1.807, 2.05) is 0 Å². The lowest BCUT2D eigenvalue weighted by molar-refractivity contribution is -0.160. The van der Waals surface area contributed by atoms with Crippen LogP contribution >= 0.6 is 0 Å². The molecule has 7 unspecified atom stereocenters. The lowest BCUT2D eigenvalue weighted by atomic mass is 9.63. The zero-order valence-electron chi connectivity index (χ0n) is 19.4. The first-order valence-electron chi connectivity index (χ1n) is 12.9. The number of piperidine rings is 1. The Morgan fingerprint density at radius 2 is 1.65 bits per heavy atom. The first-order valence-corrected chi connectivity index (χ1v) is 12.9. The topological polar surface area (TPSA) is 61.9 Å². The summed E-state index contributed by atoms with van der Waals surface area (Å²) in [6.07, 6.45) is 10.3. The highest BCUT2D eigenvalue weighted by Gasteiger charge is 2.49.